The highest BCUT2D eigenvalue weighted by atomic mass is 19.4. The molecule has 2 aliphatic rings. The van der Waals surface area contributed by atoms with Gasteiger partial charge in [0.15, 0.2) is 0 Å². The first-order valence-corrected chi connectivity index (χ1v) is 5.78. The molecule has 3 rings (SSSR count). The first-order valence-electron chi connectivity index (χ1n) is 5.78. The van der Waals surface area contributed by atoms with Crippen molar-refractivity contribution in [2.45, 2.75) is 25.6 Å². The monoisotopic (exact) mass is 245 g/mol. The average molecular weight is 245 g/mol. The van der Waals surface area contributed by atoms with Crippen molar-refractivity contribution in [3.8, 4) is 0 Å². The maximum Gasteiger partial charge on any atom is 0.449 e. The number of aromatic nitrogens is 2. The molecule has 1 aromatic rings. The van der Waals surface area contributed by atoms with Crippen LogP contribution in [0, 0.1) is 11.3 Å². The van der Waals surface area contributed by atoms with Crippen LogP contribution in [0.25, 0.3) is 0 Å². The number of imidazole rings is 1. The van der Waals surface area contributed by atoms with Crippen molar-refractivity contribution in [1.82, 2.24) is 14.9 Å². The molecule has 0 aromatic carbocycles. The fourth-order valence-electron chi connectivity index (χ4n) is 3.05. The van der Waals surface area contributed by atoms with Crippen molar-refractivity contribution >= 4 is 0 Å². The predicted octanol–water partition coefficient (Wildman–Crippen LogP) is 1.90. The molecule has 0 atom stereocenters. The summed E-state index contributed by atoms with van der Waals surface area (Å²) in [6.45, 7) is 2.50. The molecule has 1 spiro atoms. The minimum absolute atomic E-state index is 0.368. The second kappa shape index (κ2) is 3.48. The van der Waals surface area contributed by atoms with Crippen LogP contribution in [0.5, 0.6) is 0 Å². The summed E-state index contributed by atoms with van der Waals surface area (Å²) in [5.41, 5.74) is 0.406. The quantitative estimate of drug-likeness (QED) is 0.862. The lowest BCUT2D eigenvalue weighted by Crippen LogP contribution is -2.60. The summed E-state index contributed by atoms with van der Waals surface area (Å²) >= 11 is 0. The number of rotatable bonds is 2. The Labute approximate surface area is 97.0 Å². The normalized spacial score (nSPS) is 23.5. The van der Waals surface area contributed by atoms with E-state index in [1.165, 1.54) is 17.0 Å². The van der Waals surface area contributed by atoms with Crippen LogP contribution >= 0.6 is 0 Å². The van der Waals surface area contributed by atoms with E-state index in [1.54, 1.807) is 0 Å². The molecule has 1 N–H and O–H groups in total. The van der Waals surface area contributed by atoms with E-state index in [2.05, 4.69) is 10.3 Å². The van der Waals surface area contributed by atoms with E-state index in [0.29, 0.717) is 17.9 Å². The first-order chi connectivity index (χ1) is 7.99. The molecule has 1 aliphatic carbocycles. The van der Waals surface area contributed by atoms with E-state index in [1.807, 2.05) is 0 Å². The van der Waals surface area contributed by atoms with Crippen LogP contribution in [0.15, 0.2) is 12.4 Å². The van der Waals surface area contributed by atoms with Gasteiger partial charge in [0.2, 0.25) is 5.82 Å². The van der Waals surface area contributed by atoms with E-state index in [4.69, 9.17) is 0 Å². The Morgan fingerprint density at radius 1 is 1.41 bits per heavy atom. The van der Waals surface area contributed by atoms with Crippen LogP contribution in [0.4, 0.5) is 13.2 Å². The number of hydrogen-bond acceptors (Lipinski definition) is 2. The standard InChI is InChI=1S/C11H14F3N3/c12-11(13,14)9-16-1-2-17(9)5-8-3-10(4-8)6-15-7-10/h1-2,8,15H,3-7H2. The summed E-state index contributed by atoms with van der Waals surface area (Å²) in [7, 11) is 0. The maximum atomic E-state index is 12.6. The summed E-state index contributed by atoms with van der Waals surface area (Å²) < 4.78 is 39.0. The zero-order valence-electron chi connectivity index (χ0n) is 9.30. The molecule has 0 amide bonds. The van der Waals surface area contributed by atoms with E-state index in [0.717, 1.165) is 25.9 Å². The molecule has 94 valence electrons. The average Bonchev–Trinajstić information content (AvgIpc) is 2.53. The second-order valence-corrected chi connectivity index (χ2v) is 5.28. The Bertz CT molecular complexity index is 412. The summed E-state index contributed by atoms with van der Waals surface area (Å²) in [4.78, 5) is 3.40. The van der Waals surface area contributed by atoms with Crippen LogP contribution in [-0.2, 0) is 12.7 Å². The Kier molecular flexibility index (Phi) is 2.26. The minimum Gasteiger partial charge on any atom is -0.327 e. The van der Waals surface area contributed by atoms with Gasteiger partial charge in [-0.2, -0.15) is 13.2 Å². The topological polar surface area (TPSA) is 29.9 Å². The van der Waals surface area contributed by atoms with Gasteiger partial charge in [-0.1, -0.05) is 0 Å². The van der Waals surface area contributed by atoms with Gasteiger partial charge < -0.3 is 9.88 Å². The smallest absolute Gasteiger partial charge is 0.327 e. The van der Waals surface area contributed by atoms with Crippen LogP contribution < -0.4 is 5.32 Å². The Balaban J connectivity index is 1.64. The number of alkyl halides is 3. The van der Waals surface area contributed by atoms with Crippen molar-refractivity contribution in [3.63, 3.8) is 0 Å². The molecule has 1 aliphatic heterocycles. The van der Waals surface area contributed by atoms with Crippen molar-refractivity contribution in [2.24, 2.45) is 11.3 Å². The van der Waals surface area contributed by atoms with Gasteiger partial charge in [0.1, 0.15) is 0 Å². The van der Waals surface area contributed by atoms with Crippen molar-refractivity contribution in [1.29, 1.82) is 0 Å². The van der Waals surface area contributed by atoms with Gasteiger partial charge in [0.25, 0.3) is 0 Å². The van der Waals surface area contributed by atoms with Crippen molar-refractivity contribution in [3.05, 3.63) is 18.2 Å². The zero-order chi connectivity index (χ0) is 12.1. The SMILES string of the molecule is FC(F)(F)c1nccn1CC1CC2(CNC2)C1. The number of nitrogens with zero attached hydrogens (tertiary/aromatic N) is 2. The third-order valence-corrected chi connectivity index (χ3v) is 3.87. The van der Waals surface area contributed by atoms with Crippen LogP contribution in [0.2, 0.25) is 0 Å². The van der Waals surface area contributed by atoms with Crippen molar-refractivity contribution < 1.29 is 13.2 Å². The Morgan fingerprint density at radius 3 is 2.65 bits per heavy atom. The Hall–Kier alpha value is -1.04. The molecular weight excluding hydrogens is 231 g/mol. The van der Waals surface area contributed by atoms with Gasteiger partial charge in [-0.25, -0.2) is 4.98 Å². The summed E-state index contributed by atoms with van der Waals surface area (Å²) in [5, 5.41) is 3.22. The van der Waals surface area contributed by atoms with Crippen molar-refractivity contribution in [2.75, 3.05) is 13.1 Å². The maximum absolute atomic E-state index is 12.6. The van der Waals surface area contributed by atoms with Gasteiger partial charge in [0, 0.05) is 32.0 Å². The zero-order valence-corrected chi connectivity index (χ0v) is 9.30. The molecule has 3 nitrogen and oxygen atoms in total. The van der Waals surface area contributed by atoms with Gasteiger partial charge in [-0.3, -0.25) is 0 Å². The summed E-state index contributed by atoms with van der Waals surface area (Å²) in [6, 6.07) is 0. The highest BCUT2D eigenvalue weighted by molar-refractivity contribution is 5.04. The van der Waals surface area contributed by atoms with Gasteiger partial charge in [-0.05, 0) is 24.2 Å². The number of nitrogens with one attached hydrogen (secondary N) is 1. The van der Waals surface area contributed by atoms with E-state index in [9.17, 15) is 13.2 Å². The molecule has 0 radical (unpaired) electrons. The van der Waals surface area contributed by atoms with E-state index in [-0.39, 0.29) is 0 Å². The predicted molar refractivity (Wildman–Crippen MR) is 55.3 cm³/mol. The van der Waals surface area contributed by atoms with Gasteiger partial charge in [-0.15, -0.1) is 0 Å². The van der Waals surface area contributed by atoms with Gasteiger partial charge in [0.05, 0.1) is 0 Å². The molecule has 17 heavy (non-hydrogen) atoms. The number of halogens is 3. The fraction of sp³-hybridized carbons (Fsp3) is 0.727. The largest absolute Gasteiger partial charge is 0.449 e. The highest BCUT2D eigenvalue weighted by Crippen LogP contribution is 2.49. The molecule has 0 bridgehead atoms. The van der Waals surface area contributed by atoms with E-state index < -0.39 is 12.0 Å². The molecule has 6 heteroatoms. The van der Waals surface area contributed by atoms with Crippen LogP contribution in [-0.4, -0.2) is 22.6 Å². The number of hydrogen-bond donors (Lipinski definition) is 1. The molecule has 2 heterocycles. The molecule has 1 saturated carbocycles. The lowest BCUT2D eigenvalue weighted by atomic mass is 9.58. The third-order valence-electron chi connectivity index (χ3n) is 3.87. The van der Waals surface area contributed by atoms with Gasteiger partial charge >= 0.3 is 6.18 Å². The molecular formula is C11H14F3N3. The summed E-state index contributed by atoms with van der Waals surface area (Å²) in [5.74, 6) is -0.405. The van der Waals surface area contributed by atoms with E-state index >= 15 is 0 Å². The van der Waals surface area contributed by atoms with Crippen LogP contribution in [0.1, 0.15) is 18.7 Å². The third kappa shape index (κ3) is 1.84. The lowest BCUT2D eigenvalue weighted by Gasteiger charge is -2.54. The van der Waals surface area contributed by atoms with Crippen LogP contribution in [0.3, 0.4) is 0 Å². The Morgan fingerprint density at radius 2 is 2.12 bits per heavy atom. The second-order valence-electron chi connectivity index (χ2n) is 5.28. The first kappa shape index (κ1) is 11.1. The fourth-order valence-corrected chi connectivity index (χ4v) is 3.05. The lowest BCUT2D eigenvalue weighted by molar-refractivity contribution is -0.148. The summed E-state index contributed by atoms with van der Waals surface area (Å²) in [6.07, 6.45) is 0.378. The molecule has 1 saturated heterocycles. The minimum atomic E-state index is -4.34. The highest BCUT2D eigenvalue weighted by Gasteiger charge is 2.48. The molecule has 2 fully saturated rings. The molecule has 0 unspecified atom stereocenters. The molecule has 1 aromatic heterocycles.